The summed E-state index contributed by atoms with van der Waals surface area (Å²) >= 11 is 0. The first-order valence-corrected chi connectivity index (χ1v) is 9.82. The molecule has 5 rings (SSSR count). The Morgan fingerprint density at radius 3 is 2.38 bits per heavy atom. The van der Waals surface area contributed by atoms with Gasteiger partial charge in [0.1, 0.15) is 0 Å². The third-order valence-electron chi connectivity index (χ3n) is 6.14. The van der Waals surface area contributed by atoms with E-state index >= 15 is 0 Å². The summed E-state index contributed by atoms with van der Waals surface area (Å²) in [6.07, 6.45) is 8.57. The van der Waals surface area contributed by atoms with E-state index in [0.29, 0.717) is 18.5 Å². The number of amides is 1. The first-order chi connectivity index (χ1) is 12.8. The molecule has 0 bridgehead atoms. The van der Waals surface area contributed by atoms with Gasteiger partial charge in [-0.1, -0.05) is 24.3 Å². The monoisotopic (exact) mass is 347 g/mol. The van der Waals surface area contributed by atoms with E-state index in [1.54, 1.807) is 0 Å². The maximum absolute atomic E-state index is 12.8. The molecule has 2 unspecified atom stereocenters. The second kappa shape index (κ2) is 6.51. The number of carbonyl (C=O) groups excluding carboxylic acids is 1. The van der Waals surface area contributed by atoms with Crippen molar-refractivity contribution >= 4 is 5.91 Å². The molecular weight excluding hydrogens is 322 g/mol. The van der Waals surface area contributed by atoms with Crippen molar-refractivity contribution in [3.63, 3.8) is 0 Å². The molecule has 0 radical (unpaired) electrons. The first-order valence-electron chi connectivity index (χ1n) is 9.82. The molecule has 2 atom stereocenters. The zero-order chi connectivity index (χ0) is 17.5. The molecule has 2 saturated heterocycles. The average Bonchev–Trinajstić information content (AvgIpc) is 3.38. The third-order valence-corrected chi connectivity index (χ3v) is 6.14. The van der Waals surface area contributed by atoms with E-state index in [2.05, 4.69) is 39.0 Å². The van der Waals surface area contributed by atoms with Crippen LogP contribution >= 0.6 is 0 Å². The Bertz CT molecular complexity index is 785. The summed E-state index contributed by atoms with van der Waals surface area (Å²) in [6, 6.07) is 13.5. The Morgan fingerprint density at radius 1 is 0.923 bits per heavy atom. The Kier molecular flexibility index (Phi) is 4.01. The van der Waals surface area contributed by atoms with Gasteiger partial charge < -0.3 is 4.90 Å². The van der Waals surface area contributed by atoms with E-state index < -0.39 is 0 Å². The maximum atomic E-state index is 12.8. The molecular formula is C22H25N3O. The lowest BCUT2D eigenvalue weighted by atomic mass is 10.00. The molecule has 2 aromatic rings. The minimum absolute atomic E-state index is 0.252. The summed E-state index contributed by atoms with van der Waals surface area (Å²) in [5.41, 5.74) is 3.65. The fourth-order valence-corrected chi connectivity index (χ4v) is 4.65. The Balaban J connectivity index is 1.32. The number of hydrogen-bond acceptors (Lipinski definition) is 3. The number of nitrogens with zero attached hydrogens (tertiary/aromatic N) is 3. The molecule has 3 fully saturated rings. The largest absolute Gasteiger partial charge is 0.330 e. The zero-order valence-electron chi connectivity index (χ0n) is 15.1. The SMILES string of the molecule is O=C1CN(CC2CC2)CC2CCC(c3ccc(-c4ccncc4)cc3)N12. The average molecular weight is 347 g/mol. The van der Waals surface area contributed by atoms with Gasteiger partial charge in [-0.05, 0) is 60.4 Å². The fraction of sp³-hybridized carbons (Fsp3) is 0.455. The smallest absolute Gasteiger partial charge is 0.237 e. The van der Waals surface area contributed by atoms with Crippen molar-refractivity contribution in [2.45, 2.75) is 37.8 Å². The van der Waals surface area contributed by atoms with E-state index in [0.717, 1.165) is 31.8 Å². The van der Waals surface area contributed by atoms with Crippen molar-refractivity contribution < 1.29 is 4.79 Å². The van der Waals surface area contributed by atoms with E-state index in [-0.39, 0.29) is 6.04 Å². The van der Waals surface area contributed by atoms with Crippen molar-refractivity contribution in [1.29, 1.82) is 0 Å². The lowest BCUT2D eigenvalue weighted by molar-refractivity contribution is -0.140. The van der Waals surface area contributed by atoms with Crippen LogP contribution in [0.15, 0.2) is 48.8 Å². The number of rotatable bonds is 4. The first kappa shape index (κ1) is 16.0. The second-order valence-corrected chi connectivity index (χ2v) is 8.04. The van der Waals surface area contributed by atoms with Gasteiger partial charge in [0.2, 0.25) is 5.91 Å². The molecule has 1 aromatic heterocycles. The van der Waals surface area contributed by atoms with Crippen molar-refractivity contribution in [2.75, 3.05) is 19.6 Å². The highest BCUT2D eigenvalue weighted by Crippen LogP contribution is 2.39. The Labute approximate surface area is 154 Å². The third kappa shape index (κ3) is 3.03. The summed E-state index contributed by atoms with van der Waals surface area (Å²) in [6.45, 7) is 2.80. The van der Waals surface area contributed by atoms with Crippen LogP contribution in [0.3, 0.4) is 0 Å². The molecule has 2 aliphatic heterocycles. The predicted molar refractivity (Wildman–Crippen MR) is 101 cm³/mol. The predicted octanol–water partition coefficient (Wildman–Crippen LogP) is 3.51. The molecule has 1 aliphatic carbocycles. The highest BCUT2D eigenvalue weighted by molar-refractivity contribution is 5.80. The highest BCUT2D eigenvalue weighted by Gasteiger charge is 2.42. The molecule has 1 amide bonds. The summed E-state index contributed by atoms with van der Waals surface area (Å²) in [5, 5.41) is 0. The maximum Gasteiger partial charge on any atom is 0.237 e. The number of hydrogen-bond donors (Lipinski definition) is 0. The number of piperazine rings is 1. The number of aromatic nitrogens is 1. The van der Waals surface area contributed by atoms with Gasteiger partial charge in [0, 0.05) is 31.5 Å². The van der Waals surface area contributed by atoms with Crippen LogP contribution in [0.1, 0.15) is 37.3 Å². The molecule has 26 heavy (non-hydrogen) atoms. The number of carbonyl (C=O) groups is 1. The van der Waals surface area contributed by atoms with Crippen molar-refractivity contribution in [3.8, 4) is 11.1 Å². The van der Waals surface area contributed by atoms with Crippen LogP contribution in [0.5, 0.6) is 0 Å². The van der Waals surface area contributed by atoms with Crippen LogP contribution in [0.25, 0.3) is 11.1 Å². The van der Waals surface area contributed by atoms with Crippen LogP contribution in [0.4, 0.5) is 0 Å². The molecule has 3 aliphatic rings. The standard InChI is InChI=1S/C22H25N3O/c26-22-15-24(13-16-1-2-16)14-20-7-8-21(25(20)22)19-5-3-17(4-6-19)18-9-11-23-12-10-18/h3-6,9-12,16,20-21H,1-2,7-8,13-15H2. The van der Waals surface area contributed by atoms with Crippen molar-refractivity contribution in [3.05, 3.63) is 54.4 Å². The number of pyridine rings is 1. The second-order valence-electron chi connectivity index (χ2n) is 8.04. The lowest BCUT2D eigenvalue weighted by Crippen LogP contribution is -2.54. The quantitative estimate of drug-likeness (QED) is 0.849. The summed E-state index contributed by atoms with van der Waals surface area (Å²) < 4.78 is 0. The highest BCUT2D eigenvalue weighted by atomic mass is 16.2. The lowest BCUT2D eigenvalue weighted by Gasteiger charge is -2.40. The van der Waals surface area contributed by atoms with Crippen LogP contribution in [0.2, 0.25) is 0 Å². The molecule has 1 saturated carbocycles. The van der Waals surface area contributed by atoms with Crippen LogP contribution < -0.4 is 0 Å². The summed E-state index contributed by atoms with van der Waals surface area (Å²) in [4.78, 5) is 21.5. The molecule has 0 spiro atoms. The Morgan fingerprint density at radius 2 is 1.65 bits per heavy atom. The van der Waals surface area contributed by atoms with Crippen LogP contribution in [0, 0.1) is 5.92 Å². The minimum atomic E-state index is 0.252. The summed E-state index contributed by atoms with van der Waals surface area (Å²) in [5.74, 6) is 1.18. The normalized spacial score (nSPS) is 26.2. The van der Waals surface area contributed by atoms with Gasteiger partial charge in [-0.3, -0.25) is 14.7 Å². The van der Waals surface area contributed by atoms with Gasteiger partial charge >= 0.3 is 0 Å². The zero-order valence-corrected chi connectivity index (χ0v) is 15.1. The van der Waals surface area contributed by atoms with Crippen LogP contribution in [-0.2, 0) is 4.79 Å². The molecule has 4 heteroatoms. The molecule has 3 heterocycles. The molecule has 4 nitrogen and oxygen atoms in total. The van der Waals surface area contributed by atoms with Crippen molar-refractivity contribution in [2.24, 2.45) is 5.92 Å². The van der Waals surface area contributed by atoms with E-state index in [4.69, 9.17) is 0 Å². The number of fused-ring (bicyclic) bond motifs is 1. The minimum Gasteiger partial charge on any atom is -0.330 e. The van der Waals surface area contributed by atoms with Gasteiger partial charge in [0.15, 0.2) is 0 Å². The van der Waals surface area contributed by atoms with Gasteiger partial charge in [0.25, 0.3) is 0 Å². The van der Waals surface area contributed by atoms with Gasteiger partial charge in [-0.25, -0.2) is 0 Å². The molecule has 134 valence electrons. The molecule has 1 aromatic carbocycles. The van der Waals surface area contributed by atoms with E-state index in [1.807, 2.05) is 24.5 Å². The van der Waals surface area contributed by atoms with E-state index in [9.17, 15) is 4.79 Å². The topological polar surface area (TPSA) is 36.4 Å². The van der Waals surface area contributed by atoms with Gasteiger partial charge in [0.05, 0.1) is 12.6 Å². The van der Waals surface area contributed by atoms with Gasteiger partial charge in [-0.15, -0.1) is 0 Å². The fourth-order valence-electron chi connectivity index (χ4n) is 4.65. The Hall–Kier alpha value is -2.20. The summed E-state index contributed by atoms with van der Waals surface area (Å²) in [7, 11) is 0. The van der Waals surface area contributed by atoms with Crippen LogP contribution in [-0.4, -0.2) is 46.4 Å². The molecule has 0 N–H and O–H groups in total. The van der Waals surface area contributed by atoms with E-state index in [1.165, 1.54) is 29.5 Å². The van der Waals surface area contributed by atoms with Crippen molar-refractivity contribution in [1.82, 2.24) is 14.8 Å². The number of benzene rings is 1. The van der Waals surface area contributed by atoms with Gasteiger partial charge in [-0.2, -0.15) is 0 Å².